The zero-order valence-electron chi connectivity index (χ0n) is 7.26. The number of hydrogen-bond acceptors (Lipinski definition) is 5. The maximum Gasteiger partial charge on any atom is 0.346 e. The molecule has 0 fully saturated rings. The Morgan fingerprint density at radius 2 is 2.07 bits per heavy atom. The van der Waals surface area contributed by atoms with Crippen LogP contribution in [0.5, 0.6) is 0 Å². The maximum absolute atomic E-state index is 11.0. The number of hydrogen-bond donors (Lipinski definition) is 1. The van der Waals surface area contributed by atoms with Crippen molar-refractivity contribution in [3.05, 3.63) is 12.2 Å². The van der Waals surface area contributed by atoms with E-state index in [0.29, 0.717) is 12.2 Å². The maximum atomic E-state index is 11.0. The standard InChI is InChI=1S/C7H12O4S2.Mg.2H/c1-2-4-7(8)11-13(9,10)6-3-5-12;;;/h2,4,12H,3,5-6H2,1H3;;;. The van der Waals surface area contributed by atoms with Gasteiger partial charge < -0.3 is 4.18 Å². The summed E-state index contributed by atoms with van der Waals surface area (Å²) in [6.07, 6.45) is 2.84. The fourth-order valence-electron chi connectivity index (χ4n) is 0.572. The third kappa shape index (κ3) is 8.86. The number of carbonyl (C=O) groups is 1. The molecule has 0 aliphatic rings. The summed E-state index contributed by atoms with van der Waals surface area (Å²) in [5.74, 6) is -0.595. The Morgan fingerprint density at radius 1 is 1.50 bits per heavy atom. The molecule has 14 heavy (non-hydrogen) atoms. The van der Waals surface area contributed by atoms with Crippen molar-refractivity contribution in [2.45, 2.75) is 13.3 Å². The minimum atomic E-state index is -3.71. The minimum Gasteiger partial charge on any atom is -0.342 e. The van der Waals surface area contributed by atoms with Crippen LogP contribution in [0.2, 0.25) is 0 Å². The first-order valence-electron chi connectivity index (χ1n) is 3.71. The molecule has 0 aromatic rings. The van der Waals surface area contributed by atoms with Gasteiger partial charge in [-0.05, 0) is 19.1 Å². The summed E-state index contributed by atoms with van der Waals surface area (Å²) in [6.45, 7) is 1.60. The van der Waals surface area contributed by atoms with Gasteiger partial charge in [-0.2, -0.15) is 21.0 Å². The van der Waals surface area contributed by atoms with Crippen molar-refractivity contribution < 1.29 is 17.4 Å². The Labute approximate surface area is 106 Å². The van der Waals surface area contributed by atoms with E-state index in [1.807, 2.05) is 0 Å². The van der Waals surface area contributed by atoms with E-state index in [1.165, 1.54) is 6.08 Å². The lowest BCUT2D eigenvalue weighted by Crippen LogP contribution is -2.14. The van der Waals surface area contributed by atoms with E-state index in [0.717, 1.165) is 6.08 Å². The molecule has 0 unspecified atom stereocenters. The molecule has 0 aliphatic heterocycles. The van der Waals surface area contributed by atoms with Gasteiger partial charge in [-0.15, -0.1) is 0 Å². The van der Waals surface area contributed by atoms with Gasteiger partial charge in [0.25, 0.3) is 0 Å². The summed E-state index contributed by atoms with van der Waals surface area (Å²) in [6, 6.07) is 0. The average Bonchev–Trinajstić information content (AvgIpc) is 2.00. The van der Waals surface area contributed by atoms with Gasteiger partial charge >= 0.3 is 39.1 Å². The molecule has 0 saturated carbocycles. The second-order valence-electron chi connectivity index (χ2n) is 2.24. The first-order chi connectivity index (χ1) is 6.02. The second kappa shape index (κ2) is 8.57. The van der Waals surface area contributed by atoms with Crippen LogP contribution in [0.15, 0.2) is 12.2 Å². The Morgan fingerprint density at radius 3 is 2.50 bits per heavy atom. The van der Waals surface area contributed by atoms with Crippen LogP contribution in [0.1, 0.15) is 13.3 Å². The Balaban J connectivity index is 0. The molecule has 0 atom stereocenters. The van der Waals surface area contributed by atoms with E-state index < -0.39 is 16.1 Å². The second-order valence-corrected chi connectivity index (χ2v) is 4.38. The molecule has 0 aliphatic carbocycles. The predicted octanol–water partition coefficient (Wildman–Crippen LogP) is -0.161. The zero-order chi connectivity index (χ0) is 10.3. The largest absolute Gasteiger partial charge is 0.346 e. The zero-order valence-corrected chi connectivity index (χ0v) is 8.98. The van der Waals surface area contributed by atoms with Crippen LogP contribution in [0.3, 0.4) is 0 Å². The van der Waals surface area contributed by atoms with Crippen molar-refractivity contribution in [1.29, 1.82) is 0 Å². The summed E-state index contributed by atoms with van der Waals surface area (Å²) in [5, 5.41) is 0. The van der Waals surface area contributed by atoms with E-state index in [1.54, 1.807) is 6.92 Å². The lowest BCUT2D eigenvalue weighted by atomic mass is 10.5. The molecule has 0 bridgehead atoms. The van der Waals surface area contributed by atoms with Crippen molar-refractivity contribution in [3.63, 3.8) is 0 Å². The SMILES string of the molecule is CC=CC(=O)OS(=O)(=O)CCCS.[MgH2]. The number of thiol groups is 1. The van der Waals surface area contributed by atoms with Crippen molar-refractivity contribution in [3.8, 4) is 0 Å². The molecular formula is C7H14MgO4S2. The quantitative estimate of drug-likeness (QED) is 0.319. The van der Waals surface area contributed by atoms with Gasteiger partial charge in [-0.1, -0.05) is 6.08 Å². The Bertz CT molecular complexity index is 284. The smallest absolute Gasteiger partial charge is 0.342 e. The average molecular weight is 251 g/mol. The normalized spacial score (nSPS) is 11.0. The van der Waals surface area contributed by atoms with Gasteiger partial charge in [0.05, 0.1) is 5.75 Å². The van der Waals surface area contributed by atoms with E-state index in [9.17, 15) is 13.2 Å². The first kappa shape index (κ1) is 16.7. The van der Waals surface area contributed by atoms with Crippen LogP contribution in [-0.4, -0.2) is 48.9 Å². The van der Waals surface area contributed by atoms with Crippen molar-refractivity contribution >= 4 is 51.8 Å². The predicted molar refractivity (Wildman–Crippen MR) is 61.7 cm³/mol. The highest BCUT2D eigenvalue weighted by Gasteiger charge is 2.13. The lowest BCUT2D eigenvalue weighted by Gasteiger charge is -2.01. The third-order valence-electron chi connectivity index (χ3n) is 1.06. The van der Waals surface area contributed by atoms with Crippen molar-refractivity contribution in [2.24, 2.45) is 0 Å². The summed E-state index contributed by atoms with van der Waals surface area (Å²) < 4.78 is 26.1. The van der Waals surface area contributed by atoms with Gasteiger partial charge in [-0.25, -0.2) is 4.79 Å². The number of carbonyl (C=O) groups excluding carboxylic acids is 1. The van der Waals surface area contributed by atoms with Gasteiger partial charge in [0.15, 0.2) is 0 Å². The van der Waals surface area contributed by atoms with Crippen LogP contribution in [-0.2, 0) is 19.1 Å². The van der Waals surface area contributed by atoms with Crippen LogP contribution >= 0.6 is 12.6 Å². The highest BCUT2D eigenvalue weighted by Crippen LogP contribution is 1.98. The molecule has 0 aromatic carbocycles. The van der Waals surface area contributed by atoms with Gasteiger partial charge in [0.1, 0.15) is 0 Å². The van der Waals surface area contributed by atoms with Crippen LogP contribution in [0.4, 0.5) is 0 Å². The van der Waals surface area contributed by atoms with Crippen LogP contribution < -0.4 is 0 Å². The van der Waals surface area contributed by atoms with E-state index in [4.69, 9.17) is 0 Å². The molecule has 0 aromatic heterocycles. The van der Waals surface area contributed by atoms with Crippen LogP contribution in [0.25, 0.3) is 0 Å². The lowest BCUT2D eigenvalue weighted by molar-refractivity contribution is -0.128. The summed E-state index contributed by atoms with van der Waals surface area (Å²) in [4.78, 5) is 10.7. The molecule has 0 saturated heterocycles. The minimum absolute atomic E-state index is 0. The molecule has 80 valence electrons. The first-order valence-corrected chi connectivity index (χ1v) is 5.92. The number of rotatable bonds is 5. The molecule has 0 rings (SSSR count). The highest BCUT2D eigenvalue weighted by molar-refractivity contribution is 7.87. The summed E-state index contributed by atoms with van der Waals surface area (Å²) in [7, 11) is -3.71. The summed E-state index contributed by atoms with van der Waals surface area (Å²) in [5.41, 5.74) is 0. The Hall–Kier alpha value is 0.276. The summed E-state index contributed by atoms with van der Waals surface area (Å²) >= 11 is 3.85. The molecule has 0 heterocycles. The highest BCUT2D eigenvalue weighted by atomic mass is 32.2. The Kier molecular flexibility index (Phi) is 10.2. The van der Waals surface area contributed by atoms with E-state index in [-0.39, 0.29) is 28.8 Å². The van der Waals surface area contributed by atoms with Crippen molar-refractivity contribution in [2.75, 3.05) is 11.5 Å². The third-order valence-corrected chi connectivity index (χ3v) is 2.59. The molecule has 4 nitrogen and oxygen atoms in total. The van der Waals surface area contributed by atoms with Gasteiger partial charge in [0.2, 0.25) is 0 Å². The topological polar surface area (TPSA) is 60.4 Å². The monoisotopic (exact) mass is 250 g/mol. The molecule has 0 radical (unpaired) electrons. The van der Waals surface area contributed by atoms with Crippen LogP contribution in [0, 0.1) is 0 Å². The van der Waals surface area contributed by atoms with Crippen molar-refractivity contribution in [1.82, 2.24) is 0 Å². The van der Waals surface area contributed by atoms with Gasteiger partial charge in [0, 0.05) is 6.08 Å². The molecule has 0 amide bonds. The molecule has 0 N–H and O–H groups in total. The molecular weight excluding hydrogens is 237 g/mol. The molecule has 0 spiro atoms. The van der Waals surface area contributed by atoms with E-state index >= 15 is 0 Å². The van der Waals surface area contributed by atoms with Gasteiger partial charge in [-0.3, -0.25) is 0 Å². The fraction of sp³-hybridized carbons (Fsp3) is 0.571. The van der Waals surface area contributed by atoms with E-state index in [2.05, 4.69) is 16.8 Å². The molecule has 7 heteroatoms. The fourth-order valence-corrected chi connectivity index (χ4v) is 1.83. The number of allylic oxidation sites excluding steroid dienone is 1.